The van der Waals surface area contributed by atoms with Crippen LogP contribution in [-0.4, -0.2) is 30.4 Å². The average Bonchev–Trinajstić information content (AvgIpc) is 2.92. The number of hydrazone groups is 1. The number of ether oxygens (including phenoxy) is 2. The molecule has 1 heterocycles. The number of anilines is 1. The van der Waals surface area contributed by atoms with Crippen LogP contribution in [0.25, 0.3) is 0 Å². The first-order valence-electron chi connectivity index (χ1n) is 7.51. The lowest BCUT2D eigenvalue weighted by Gasteiger charge is -2.08. The molecule has 2 rings (SSSR count). The van der Waals surface area contributed by atoms with Gasteiger partial charge in [0.05, 0.1) is 35.2 Å². The normalized spacial score (nSPS) is 10.9. The molecule has 0 spiro atoms. The van der Waals surface area contributed by atoms with Crippen LogP contribution in [-0.2, 0) is 4.74 Å². The molecule has 0 aliphatic heterocycles. The second-order valence-electron chi connectivity index (χ2n) is 4.77. The van der Waals surface area contributed by atoms with Gasteiger partial charge in [-0.3, -0.25) is 5.43 Å². The third-order valence-electron chi connectivity index (χ3n) is 2.94. The summed E-state index contributed by atoms with van der Waals surface area (Å²) in [5, 5.41) is 5.39. The van der Waals surface area contributed by atoms with Gasteiger partial charge in [0.25, 0.3) is 0 Å². The fraction of sp³-hybridized carbons (Fsp3) is 0.312. The van der Waals surface area contributed by atoms with Gasteiger partial charge in [0.1, 0.15) is 4.88 Å². The zero-order valence-corrected chi connectivity index (χ0v) is 16.3. The van der Waals surface area contributed by atoms with Crippen molar-refractivity contribution in [3.63, 3.8) is 0 Å². The Morgan fingerprint density at radius 1 is 1.32 bits per heavy atom. The molecule has 0 amide bonds. The number of esters is 1. The van der Waals surface area contributed by atoms with Crippen molar-refractivity contribution in [2.45, 2.75) is 20.8 Å². The SMILES string of the molecule is CCOC(=O)c1sc(N/N=C\c2cc(Cl)c(OCC)c(Cl)c2)nc1C. The number of aromatic nitrogens is 1. The van der Waals surface area contributed by atoms with Gasteiger partial charge in [0.15, 0.2) is 5.75 Å². The summed E-state index contributed by atoms with van der Waals surface area (Å²) in [6.07, 6.45) is 1.55. The van der Waals surface area contributed by atoms with E-state index in [2.05, 4.69) is 15.5 Å². The van der Waals surface area contributed by atoms with Gasteiger partial charge in [-0.15, -0.1) is 0 Å². The second-order valence-corrected chi connectivity index (χ2v) is 6.58. The minimum Gasteiger partial charge on any atom is -0.491 e. The van der Waals surface area contributed by atoms with Gasteiger partial charge in [-0.2, -0.15) is 5.10 Å². The molecule has 0 aliphatic carbocycles. The van der Waals surface area contributed by atoms with E-state index in [0.29, 0.717) is 50.3 Å². The number of thiazole rings is 1. The Morgan fingerprint density at radius 2 is 2.00 bits per heavy atom. The Bertz CT molecular complexity index is 770. The summed E-state index contributed by atoms with van der Waals surface area (Å²) in [5.74, 6) is 0.0603. The minimum absolute atomic E-state index is 0.316. The van der Waals surface area contributed by atoms with Crippen molar-refractivity contribution in [3.05, 3.63) is 38.3 Å². The maximum Gasteiger partial charge on any atom is 0.350 e. The number of benzene rings is 1. The number of carbonyl (C=O) groups excluding carboxylic acids is 1. The van der Waals surface area contributed by atoms with E-state index in [-0.39, 0.29) is 5.97 Å². The average molecular weight is 402 g/mol. The number of halogens is 2. The number of nitrogens with one attached hydrogen (secondary N) is 1. The zero-order chi connectivity index (χ0) is 18.4. The van der Waals surface area contributed by atoms with Crippen LogP contribution in [0.4, 0.5) is 5.13 Å². The Hall–Kier alpha value is -1.83. The third kappa shape index (κ3) is 5.07. The molecule has 0 bridgehead atoms. The monoisotopic (exact) mass is 401 g/mol. The van der Waals surface area contributed by atoms with Crippen LogP contribution in [0.15, 0.2) is 17.2 Å². The third-order valence-corrected chi connectivity index (χ3v) is 4.54. The topological polar surface area (TPSA) is 72.8 Å². The standard InChI is InChI=1S/C16H17Cl2N3O3S/c1-4-23-13-11(17)6-10(7-12(13)18)8-19-21-16-20-9(3)14(25-16)15(22)24-5-2/h6-8H,4-5H2,1-3H3,(H,20,21)/b19-8-. The van der Waals surface area contributed by atoms with Crippen molar-refractivity contribution in [1.82, 2.24) is 4.98 Å². The van der Waals surface area contributed by atoms with Crippen molar-refractivity contribution in [2.24, 2.45) is 5.10 Å². The highest BCUT2D eigenvalue weighted by molar-refractivity contribution is 7.17. The van der Waals surface area contributed by atoms with E-state index in [1.54, 1.807) is 32.2 Å². The van der Waals surface area contributed by atoms with Crippen molar-refractivity contribution in [2.75, 3.05) is 18.6 Å². The Balaban J connectivity index is 2.09. The van der Waals surface area contributed by atoms with Crippen LogP contribution in [0.3, 0.4) is 0 Å². The molecule has 6 nitrogen and oxygen atoms in total. The smallest absolute Gasteiger partial charge is 0.350 e. The van der Waals surface area contributed by atoms with Gasteiger partial charge >= 0.3 is 5.97 Å². The van der Waals surface area contributed by atoms with Crippen LogP contribution < -0.4 is 10.2 Å². The molecule has 0 fully saturated rings. The molecular weight excluding hydrogens is 385 g/mol. The van der Waals surface area contributed by atoms with E-state index < -0.39 is 0 Å². The highest BCUT2D eigenvalue weighted by Gasteiger charge is 2.16. The summed E-state index contributed by atoms with van der Waals surface area (Å²) in [6, 6.07) is 3.39. The molecule has 1 aromatic carbocycles. The van der Waals surface area contributed by atoms with Crippen LogP contribution in [0.1, 0.15) is 34.8 Å². The summed E-state index contributed by atoms with van der Waals surface area (Å²) in [4.78, 5) is 16.5. The van der Waals surface area contributed by atoms with E-state index in [1.807, 2.05) is 6.92 Å². The van der Waals surface area contributed by atoms with Crippen molar-refractivity contribution in [1.29, 1.82) is 0 Å². The lowest BCUT2D eigenvalue weighted by Crippen LogP contribution is -2.03. The minimum atomic E-state index is -0.389. The predicted octanol–water partition coefficient (Wildman–Crippen LogP) is 4.78. The largest absolute Gasteiger partial charge is 0.491 e. The summed E-state index contributed by atoms with van der Waals surface area (Å²) in [7, 11) is 0. The number of hydrogen-bond acceptors (Lipinski definition) is 7. The van der Waals surface area contributed by atoms with Crippen molar-refractivity contribution >= 4 is 51.9 Å². The number of rotatable bonds is 7. The molecule has 0 atom stereocenters. The van der Waals surface area contributed by atoms with E-state index in [0.717, 1.165) is 0 Å². The Labute approximate surface area is 159 Å². The van der Waals surface area contributed by atoms with E-state index in [9.17, 15) is 4.79 Å². The first kappa shape index (κ1) is 19.5. The van der Waals surface area contributed by atoms with E-state index >= 15 is 0 Å². The van der Waals surface area contributed by atoms with Crippen LogP contribution in [0.5, 0.6) is 5.75 Å². The highest BCUT2D eigenvalue weighted by Crippen LogP contribution is 2.33. The van der Waals surface area contributed by atoms with E-state index in [4.69, 9.17) is 32.7 Å². The molecule has 9 heteroatoms. The first-order valence-corrected chi connectivity index (χ1v) is 9.08. The molecule has 1 N–H and O–H groups in total. The lowest BCUT2D eigenvalue weighted by atomic mass is 10.2. The molecular formula is C16H17Cl2N3O3S. The lowest BCUT2D eigenvalue weighted by molar-refractivity contribution is 0.0531. The van der Waals surface area contributed by atoms with Gasteiger partial charge in [-0.25, -0.2) is 9.78 Å². The number of hydrogen-bond donors (Lipinski definition) is 1. The molecule has 1 aromatic heterocycles. The highest BCUT2D eigenvalue weighted by atomic mass is 35.5. The van der Waals surface area contributed by atoms with Gasteiger partial charge in [0.2, 0.25) is 5.13 Å². The van der Waals surface area contributed by atoms with Gasteiger partial charge in [0, 0.05) is 0 Å². The number of carbonyl (C=O) groups is 1. The number of nitrogens with zero attached hydrogens (tertiary/aromatic N) is 2. The Kier molecular flexibility index (Phi) is 7.04. The molecule has 2 aromatic rings. The summed E-state index contributed by atoms with van der Waals surface area (Å²) >= 11 is 13.5. The van der Waals surface area contributed by atoms with Crippen molar-refractivity contribution < 1.29 is 14.3 Å². The van der Waals surface area contributed by atoms with Crippen LogP contribution >= 0.6 is 34.5 Å². The van der Waals surface area contributed by atoms with Crippen LogP contribution in [0.2, 0.25) is 10.0 Å². The van der Waals surface area contributed by atoms with E-state index in [1.165, 1.54) is 11.3 Å². The predicted molar refractivity (Wildman–Crippen MR) is 102 cm³/mol. The molecule has 25 heavy (non-hydrogen) atoms. The first-order chi connectivity index (χ1) is 12.0. The molecule has 0 saturated heterocycles. The van der Waals surface area contributed by atoms with Gasteiger partial charge in [-0.05, 0) is 38.5 Å². The fourth-order valence-electron chi connectivity index (χ4n) is 1.93. The maximum absolute atomic E-state index is 11.8. The second kappa shape index (κ2) is 9.03. The van der Waals surface area contributed by atoms with Crippen molar-refractivity contribution in [3.8, 4) is 5.75 Å². The maximum atomic E-state index is 11.8. The fourth-order valence-corrected chi connectivity index (χ4v) is 3.35. The molecule has 0 aliphatic rings. The summed E-state index contributed by atoms with van der Waals surface area (Å²) in [6.45, 7) is 6.14. The van der Waals surface area contributed by atoms with Gasteiger partial charge < -0.3 is 9.47 Å². The molecule has 0 radical (unpaired) electrons. The quantitative estimate of drug-likeness (QED) is 0.410. The molecule has 0 unspecified atom stereocenters. The molecule has 134 valence electrons. The molecule has 0 saturated carbocycles. The Morgan fingerprint density at radius 3 is 2.60 bits per heavy atom. The summed E-state index contributed by atoms with van der Waals surface area (Å²) < 4.78 is 10.4. The zero-order valence-electron chi connectivity index (χ0n) is 13.9. The van der Waals surface area contributed by atoms with Crippen LogP contribution in [0, 0.1) is 6.92 Å². The summed E-state index contributed by atoms with van der Waals surface area (Å²) in [5.41, 5.74) is 4.07. The van der Waals surface area contributed by atoms with Gasteiger partial charge in [-0.1, -0.05) is 34.5 Å². The number of aryl methyl sites for hydroxylation is 1.